The summed E-state index contributed by atoms with van der Waals surface area (Å²) in [7, 11) is 0. The molecular formula is C15H14BrFIN. The Balaban J connectivity index is 2.48. The molecule has 4 heteroatoms. The Morgan fingerprint density at radius 3 is 2.74 bits per heavy atom. The van der Waals surface area contributed by atoms with Gasteiger partial charge in [-0.3, -0.25) is 0 Å². The fraction of sp³-hybridized carbons (Fsp3) is 0.200. The van der Waals surface area contributed by atoms with Crippen molar-refractivity contribution in [3.05, 3.63) is 67.5 Å². The monoisotopic (exact) mass is 433 g/mol. The van der Waals surface area contributed by atoms with Crippen molar-refractivity contribution < 1.29 is 4.39 Å². The molecule has 0 heterocycles. The molecule has 1 N–H and O–H groups in total. The molecule has 100 valence electrons. The smallest absolute Gasteiger partial charge is 0.123 e. The van der Waals surface area contributed by atoms with Crippen LogP contribution in [-0.2, 0) is 0 Å². The molecule has 0 aliphatic carbocycles. The van der Waals surface area contributed by atoms with Crippen LogP contribution in [-0.4, -0.2) is 6.54 Å². The van der Waals surface area contributed by atoms with Crippen LogP contribution in [0.2, 0.25) is 0 Å². The molecule has 0 aromatic heterocycles. The predicted molar refractivity (Wildman–Crippen MR) is 88.8 cm³/mol. The fourth-order valence-electron chi connectivity index (χ4n) is 2.03. The van der Waals surface area contributed by atoms with Crippen molar-refractivity contribution >= 4 is 38.5 Å². The van der Waals surface area contributed by atoms with Gasteiger partial charge in [0.2, 0.25) is 0 Å². The molecule has 0 saturated carbocycles. The molecule has 1 atom stereocenters. The van der Waals surface area contributed by atoms with E-state index in [-0.39, 0.29) is 11.9 Å². The topological polar surface area (TPSA) is 12.0 Å². The molecular weight excluding hydrogens is 420 g/mol. The Labute approximate surface area is 134 Å². The van der Waals surface area contributed by atoms with Gasteiger partial charge in [-0.15, -0.1) is 0 Å². The van der Waals surface area contributed by atoms with E-state index in [0.717, 1.165) is 25.7 Å². The van der Waals surface area contributed by atoms with Crippen molar-refractivity contribution in [2.75, 3.05) is 6.54 Å². The lowest BCUT2D eigenvalue weighted by molar-refractivity contribution is 0.602. The van der Waals surface area contributed by atoms with Gasteiger partial charge in [0.1, 0.15) is 5.82 Å². The van der Waals surface area contributed by atoms with Gasteiger partial charge >= 0.3 is 0 Å². The van der Waals surface area contributed by atoms with Crippen LogP contribution < -0.4 is 5.32 Å². The number of hydrogen-bond acceptors (Lipinski definition) is 1. The van der Waals surface area contributed by atoms with Gasteiger partial charge in [-0.05, 0) is 70.6 Å². The molecule has 1 unspecified atom stereocenters. The molecule has 0 saturated heterocycles. The highest BCUT2D eigenvalue weighted by atomic mass is 127. The minimum Gasteiger partial charge on any atom is -0.306 e. The lowest BCUT2D eigenvalue weighted by atomic mass is 9.98. The van der Waals surface area contributed by atoms with Gasteiger partial charge in [0, 0.05) is 8.04 Å². The Morgan fingerprint density at radius 1 is 1.26 bits per heavy atom. The van der Waals surface area contributed by atoms with Crippen LogP contribution in [0.1, 0.15) is 24.1 Å². The Bertz CT molecular complexity index is 574. The molecule has 0 radical (unpaired) electrons. The van der Waals surface area contributed by atoms with E-state index in [1.807, 2.05) is 12.1 Å². The van der Waals surface area contributed by atoms with Crippen molar-refractivity contribution in [2.24, 2.45) is 0 Å². The van der Waals surface area contributed by atoms with Gasteiger partial charge in [-0.2, -0.15) is 0 Å². The van der Waals surface area contributed by atoms with Crippen LogP contribution in [0.5, 0.6) is 0 Å². The standard InChI is InChI=1S/C15H14BrFIN/c1-2-19-15(10-4-3-5-12(17)8-10)13-9-11(16)6-7-14(13)18/h3-9,15,19H,2H2,1H3. The molecule has 2 rings (SSSR count). The number of hydrogen-bond donors (Lipinski definition) is 1. The van der Waals surface area contributed by atoms with Gasteiger partial charge < -0.3 is 5.32 Å². The average molecular weight is 434 g/mol. The molecule has 0 amide bonds. The maximum absolute atomic E-state index is 13.4. The lowest BCUT2D eigenvalue weighted by Gasteiger charge is -2.20. The van der Waals surface area contributed by atoms with E-state index in [4.69, 9.17) is 0 Å². The number of nitrogens with one attached hydrogen (secondary N) is 1. The quantitative estimate of drug-likeness (QED) is 0.676. The average Bonchev–Trinajstić information content (AvgIpc) is 2.39. The zero-order chi connectivity index (χ0) is 13.8. The van der Waals surface area contributed by atoms with E-state index < -0.39 is 0 Å². The first kappa shape index (κ1) is 14.9. The van der Waals surface area contributed by atoms with E-state index in [9.17, 15) is 4.39 Å². The molecule has 19 heavy (non-hydrogen) atoms. The third-order valence-electron chi connectivity index (χ3n) is 2.86. The first-order chi connectivity index (χ1) is 9.11. The van der Waals surface area contributed by atoms with Crippen molar-refractivity contribution in [1.82, 2.24) is 5.32 Å². The van der Waals surface area contributed by atoms with Crippen molar-refractivity contribution in [1.29, 1.82) is 0 Å². The summed E-state index contributed by atoms with van der Waals surface area (Å²) in [5.41, 5.74) is 2.10. The summed E-state index contributed by atoms with van der Waals surface area (Å²) in [6, 6.07) is 12.9. The van der Waals surface area contributed by atoms with Gasteiger partial charge in [0.15, 0.2) is 0 Å². The minimum atomic E-state index is -0.203. The maximum Gasteiger partial charge on any atom is 0.123 e. The molecule has 0 fully saturated rings. The highest BCUT2D eigenvalue weighted by Gasteiger charge is 2.16. The normalized spacial score (nSPS) is 12.4. The van der Waals surface area contributed by atoms with Gasteiger partial charge in [0.25, 0.3) is 0 Å². The first-order valence-corrected chi connectivity index (χ1v) is 7.92. The summed E-state index contributed by atoms with van der Waals surface area (Å²) < 4.78 is 15.6. The summed E-state index contributed by atoms with van der Waals surface area (Å²) in [6.07, 6.45) is 0. The minimum absolute atomic E-state index is 0.00472. The van der Waals surface area contributed by atoms with Gasteiger partial charge in [0.05, 0.1) is 6.04 Å². The van der Waals surface area contributed by atoms with Crippen LogP contribution in [0.25, 0.3) is 0 Å². The molecule has 0 bridgehead atoms. The van der Waals surface area contributed by atoms with Crippen LogP contribution in [0.3, 0.4) is 0 Å². The molecule has 2 aromatic rings. The van der Waals surface area contributed by atoms with Crippen LogP contribution in [0.15, 0.2) is 46.9 Å². The van der Waals surface area contributed by atoms with E-state index >= 15 is 0 Å². The first-order valence-electron chi connectivity index (χ1n) is 6.05. The Hall–Kier alpha value is -0.460. The summed E-state index contributed by atoms with van der Waals surface area (Å²) in [4.78, 5) is 0. The summed E-state index contributed by atoms with van der Waals surface area (Å²) in [6.45, 7) is 2.88. The molecule has 0 aliphatic rings. The largest absolute Gasteiger partial charge is 0.306 e. The van der Waals surface area contributed by atoms with E-state index in [1.54, 1.807) is 12.1 Å². The summed E-state index contributed by atoms with van der Waals surface area (Å²) >= 11 is 5.81. The zero-order valence-electron chi connectivity index (χ0n) is 10.5. The number of rotatable bonds is 4. The van der Waals surface area contributed by atoms with Crippen molar-refractivity contribution in [2.45, 2.75) is 13.0 Å². The summed E-state index contributed by atoms with van der Waals surface area (Å²) in [5, 5.41) is 3.42. The third-order valence-corrected chi connectivity index (χ3v) is 4.33. The SMILES string of the molecule is CCNC(c1cccc(F)c1)c1cc(Br)ccc1I. The summed E-state index contributed by atoms with van der Waals surface area (Å²) in [5.74, 6) is -0.203. The number of benzene rings is 2. The second-order valence-corrected chi connectivity index (χ2v) is 6.29. The second kappa shape index (κ2) is 6.81. The fourth-order valence-corrected chi connectivity index (χ4v) is 3.06. The predicted octanol–water partition coefficient (Wildman–Crippen LogP) is 4.89. The van der Waals surface area contributed by atoms with E-state index in [2.05, 4.69) is 62.9 Å². The molecule has 1 nitrogen and oxygen atoms in total. The Morgan fingerprint density at radius 2 is 2.05 bits per heavy atom. The molecule has 2 aromatic carbocycles. The van der Waals surface area contributed by atoms with E-state index in [1.165, 1.54) is 6.07 Å². The van der Waals surface area contributed by atoms with Crippen molar-refractivity contribution in [3.8, 4) is 0 Å². The van der Waals surface area contributed by atoms with Gasteiger partial charge in [-0.1, -0.05) is 35.0 Å². The van der Waals surface area contributed by atoms with Crippen LogP contribution in [0.4, 0.5) is 4.39 Å². The maximum atomic E-state index is 13.4. The van der Waals surface area contributed by atoms with Crippen molar-refractivity contribution in [3.63, 3.8) is 0 Å². The second-order valence-electron chi connectivity index (χ2n) is 4.21. The molecule has 0 aliphatic heterocycles. The highest BCUT2D eigenvalue weighted by molar-refractivity contribution is 14.1. The van der Waals surface area contributed by atoms with Crippen LogP contribution in [0, 0.1) is 9.39 Å². The highest BCUT2D eigenvalue weighted by Crippen LogP contribution is 2.29. The number of halogens is 3. The van der Waals surface area contributed by atoms with Crippen LogP contribution >= 0.6 is 38.5 Å². The zero-order valence-corrected chi connectivity index (χ0v) is 14.2. The Kier molecular flexibility index (Phi) is 5.36. The lowest BCUT2D eigenvalue weighted by Crippen LogP contribution is -2.23. The van der Waals surface area contributed by atoms with Gasteiger partial charge in [-0.25, -0.2) is 4.39 Å². The molecule has 0 spiro atoms. The van der Waals surface area contributed by atoms with E-state index in [0.29, 0.717) is 0 Å². The third kappa shape index (κ3) is 3.77.